The van der Waals surface area contributed by atoms with E-state index in [4.69, 9.17) is 10.5 Å². The summed E-state index contributed by atoms with van der Waals surface area (Å²) in [5.41, 5.74) is 8.80. The van der Waals surface area contributed by atoms with Crippen LogP contribution in [0.4, 0.5) is 5.69 Å². The van der Waals surface area contributed by atoms with Crippen molar-refractivity contribution >= 4 is 21.6 Å². The van der Waals surface area contributed by atoms with Crippen molar-refractivity contribution in [1.82, 2.24) is 0 Å². The lowest BCUT2D eigenvalue weighted by molar-refractivity contribution is 0.307. The third-order valence-electron chi connectivity index (χ3n) is 2.63. The predicted molar refractivity (Wildman–Crippen MR) is 74.1 cm³/mol. The standard InChI is InChI=1S/C14H14BrNO/c1-10-5-4-8-13(14(10)16)17-9-11-6-2-3-7-12(11)15/h2-8H,9,16H2,1H3. The Bertz CT molecular complexity index is 525. The molecule has 0 aliphatic heterocycles. The number of rotatable bonds is 3. The summed E-state index contributed by atoms with van der Waals surface area (Å²) in [5.74, 6) is 0.737. The van der Waals surface area contributed by atoms with E-state index < -0.39 is 0 Å². The topological polar surface area (TPSA) is 35.2 Å². The second-order valence-corrected chi connectivity index (χ2v) is 4.72. The van der Waals surface area contributed by atoms with E-state index in [2.05, 4.69) is 15.9 Å². The van der Waals surface area contributed by atoms with Crippen LogP contribution in [0.3, 0.4) is 0 Å². The van der Waals surface area contributed by atoms with E-state index in [-0.39, 0.29) is 0 Å². The van der Waals surface area contributed by atoms with Crippen LogP contribution in [-0.2, 0) is 6.61 Å². The molecule has 0 aliphatic carbocycles. The number of ether oxygens (including phenoxy) is 1. The molecule has 88 valence electrons. The molecule has 2 nitrogen and oxygen atoms in total. The molecule has 2 N–H and O–H groups in total. The molecule has 2 rings (SSSR count). The van der Waals surface area contributed by atoms with Crippen molar-refractivity contribution in [1.29, 1.82) is 0 Å². The molecule has 0 aromatic heterocycles. The van der Waals surface area contributed by atoms with Crippen LogP contribution in [-0.4, -0.2) is 0 Å². The smallest absolute Gasteiger partial charge is 0.142 e. The highest BCUT2D eigenvalue weighted by Gasteiger charge is 2.04. The second-order valence-electron chi connectivity index (χ2n) is 3.87. The zero-order chi connectivity index (χ0) is 12.3. The first-order chi connectivity index (χ1) is 8.18. The molecule has 0 radical (unpaired) electrons. The van der Waals surface area contributed by atoms with Crippen LogP contribution in [0.25, 0.3) is 0 Å². The molecule has 2 aromatic carbocycles. The number of hydrogen-bond acceptors (Lipinski definition) is 2. The van der Waals surface area contributed by atoms with Crippen molar-refractivity contribution < 1.29 is 4.74 Å². The van der Waals surface area contributed by atoms with Gasteiger partial charge in [0.15, 0.2) is 0 Å². The minimum absolute atomic E-state index is 0.509. The number of anilines is 1. The van der Waals surface area contributed by atoms with Crippen molar-refractivity contribution in [3.8, 4) is 5.75 Å². The molecule has 0 saturated carbocycles. The summed E-state index contributed by atoms with van der Waals surface area (Å²) >= 11 is 3.49. The summed E-state index contributed by atoms with van der Waals surface area (Å²) in [6.07, 6.45) is 0. The van der Waals surface area contributed by atoms with Gasteiger partial charge in [0.2, 0.25) is 0 Å². The molecule has 0 fully saturated rings. The molecule has 0 amide bonds. The Morgan fingerprint density at radius 1 is 1.12 bits per heavy atom. The van der Waals surface area contributed by atoms with Gasteiger partial charge in [0, 0.05) is 10.0 Å². The van der Waals surface area contributed by atoms with Crippen LogP contribution in [0.1, 0.15) is 11.1 Å². The zero-order valence-electron chi connectivity index (χ0n) is 9.61. The highest BCUT2D eigenvalue weighted by molar-refractivity contribution is 9.10. The minimum Gasteiger partial charge on any atom is -0.487 e. The molecular formula is C14H14BrNO. The number of nitrogen functional groups attached to an aromatic ring is 1. The third-order valence-corrected chi connectivity index (χ3v) is 3.40. The molecule has 0 spiro atoms. The summed E-state index contributed by atoms with van der Waals surface area (Å²) in [4.78, 5) is 0. The van der Waals surface area contributed by atoms with E-state index in [0.717, 1.165) is 21.3 Å². The fourth-order valence-electron chi connectivity index (χ4n) is 1.55. The minimum atomic E-state index is 0.509. The number of para-hydroxylation sites is 1. The Kier molecular flexibility index (Phi) is 3.69. The quantitative estimate of drug-likeness (QED) is 0.870. The molecule has 0 heterocycles. The van der Waals surface area contributed by atoms with E-state index >= 15 is 0 Å². The summed E-state index contributed by atoms with van der Waals surface area (Å²) in [6.45, 7) is 2.48. The summed E-state index contributed by atoms with van der Waals surface area (Å²) in [5, 5.41) is 0. The van der Waals surface area contributed by atoms with E-state index in [1.54, 1.807) is 0 Å². The molecule has 0 saturated heterocycles. The molecular weight excluding hydrogens is 278 g/mol. The van der Waals surface area contributed by atoms with Gasteiger partial charge in [-0.1, -0.05) is 46.3 Å². The first-order valence-corrected chi connectivity index (χ1v) is 6.19. The Morgan fingerprint density at radius 2 is 1.88 bits per heavy atom. The van der Waals surface area contributed by atoms with Gasteiger partial charge in [0.25, 0.3) is 0 Å². The lowest BCUT2D eigenvalue weighted by Crippen LogP contribution is -2.00. The Hall–Kier alpha value is -1.48. The summed E-state index contributed by atoms with van der Waals surface area (Å²) in [6, 6.07) is 13.8. The lowest BCUT2D eigenvalue weighted by atomic mass is 10.2. The van der Waals surface area contributed by atoms with Crippen molar-refractivity contribution in [2.24, 2.45) is 0 Å². The number of hydrogen-bond donors (Lipinski definition) is 1. The maximum atomic E-state index is 5.95. The van der Waals surface area contributed by atoms with Gasteiger partial charge in [-0.3, -0.25) is 0 Å². The van der Waals surface area contributed by atoms with E-state index in [1.807, 2.05) is 49.4 Å². The van der Waals surface area contributed by atoms with Crippen molar-refractivity contribution in [2.75, 3.05) is 5.73 Å². The highest BCUT2D eigenvalue weighted by atomic mass is 79.9. The maximum Gasteiger partial charge on any atom is 0.142 e. The normalized spacial score (nSPS) is 10.2. The fraction of sp³-hybridized carbons (Fsp3) is 0.143. The van der Waals surface area contributed by atoms with E-state index in [1.165, 1.54) is 0 Å². The van der Waals surface area contributed by atoms with Crippen molar-refractivity contribution in [3.05, 3.63) is 58.1 Å². The van der Waals surface area contributed by atoms with Crippen LogP contribution in [0, 0.1) is 6.92 Å². The Balaban J connectivity index is 2.13. The van der Waals surface area contributed by atoms with Gasteiger partial charge in [0.05, 0.1) is 5.69 Å². The number of halogens is 1. The van der Waals surface area contributed by atoms with E-state index in [9.17, 15) is 0 Å². The van der Waals surface area contributed by atoms with Gasteiger partial charge in [-0.15, -0.1) is 0 Å². The lowest BCUT2D eigenvalue weighted by Gasteiger charge is -2.11. The molecule has 0 unspecified atom stereocenters. The highest BCUT2D eigenvalue weighted by Crippen LogP contribution is 2.26. The average molecular weight is 292 g/mol. The molecule has 0 aliphatic rings. The van der Waals surface area contributed by atoms with E-state index in [0.29, 0.717) is 12.3 Å². The molecule has 3 heteroatoms. The van der Waals surface area contributed by atoms with Crippen molar-refractivity contribution in [2.45, 2.75) is 13.5 Å². The SMILES string of the molecule is Cc1cccc(OCc2ccccc2Br)c1N. The molecule has 2 aromatic rings. The van der Waals surface area contributed by atoms with Crippen LogP contribution < -0.4 is 10.5 Å². The molecule has 0 bridgehead atoms. The Labute approximate surface area is 110 Å². The molecule has 0 atom stereocenters. The van der Waals surface area contributed by atoms with Crippen LogP contribution in [0.15, 0.2) is 46.9 Å². The van der Waals surface area contributed by atoms with Gasteiger partial charge in [0.1, 0.15) is 12.4 Å². The zero-order valence-corrected chi connectivity index (χ0v) is 11.2. The fourth-order valence-corrected chi connectivity index (χ4v) is 1.95. The number of aryl methyl sites for hydroxylation is 1. The molecule has 17 heavy (non-hydrogen) atoms. The Morgan fingerprint density at radius 3 is 2.65 bits per heavy atom. The number of nitrogens with two attached hydrogens (primary N) is 1. The second kappa shape index (κ2) is 5.23. The van der Waals surface area contributed by atoms with Gasteiger partial charge < -0.3 is 10.5 Å². The van der Waals surface area contributed by atoms with Gasteiger partial charge in [-0.25, -0.2) is 0 Å². The van der Waals surface area contributed by atoms with Gasteiger partial charge in [-0.2, -0.15) is 0 Å². The maximum absolute atomic E-state index is 5.95. The number of benzene rings is 2. The van der Waals surface area contributed by atoms with Crippen LogP contribution in [0.2, 0.25) is 0 Å². The third kappa shape index (κ3) is 2.80. The monoisotopic (exact) mass is 291 g/mol. The summed E-state index contributed by atoms with van der Waals surface area (Å²) in [7, 11) is 0. The average Bonchev–Trinajstić information content (AvgIpc) is 2.33. The van der Waals surface area contributed by atoms with Gasteiger partial charge in [-0.05, 0) is 24.6 Å². The van der Waals surface area contributed by atoms with Crippen LogP contribution in [0.5, 0.6) is 5.75 Å². The summed E-state index contributed by atoms with van der Waals surface area (Å²) < 4.78 is 6.78. The van der Waals surface area contributed by atoms with Crippen LogP contribution >= 0.6 is 15.9 Å². The van der Waals surface area contributed by atoms with Gasteiger partial charge >= 0.3 is 0 Å². The first-order valence-electron chi connectivity index (χ1n) is 5.40. The largest absolute Gasteiger partial charge is 0.487 e. The predicted octanol–water partition coefficient (Wildman–Crippen LogP) is 3.92. The first kappa shape index (κ1) is 12.0. The van der Waals surface area contributed by atoms with Crippen molar-refractivity contribution in [3.63, 3.8) is 0 Å².